The third kappa shape index (κ3) is 3.83. The molecule has 1 aromatic carbocycles. The lowest BCUT2D eigenvalue weighted by atomic mass is 10.1. The van der Waals surface area contributed by atoms with Crippen LogP contribution in [0.15, 0.2) is 24.3 Å². The van der Waals surface area contributed by atoms with Crippen LogP contribution in [-0.4, -0.2) is 47.5 Å². The molecule has 2 rings (SSSR count). The van der Waals surface area contributed by atoms with Crippen molar-refractivity contribution in [3.63, 3.8) is 0 Å². The van der Waals surface area contributed by atoms with E-state index < -0.39 is 0 Å². The van der Waals surface area contributed by atoms with E-state index in [9.17, 15) is 9.59 Å². The third-order valence-electron chi connectivity index (χ3n) is 3.84. The second kappa shape index (κ2) is 7.18. The maximum absolute atomic E-state index is 12.2. The topological polar surface area (TPSA) is 40.6 Å². The van der Waals surface area contributed by atoms with Crippen LogP contribution in [0, 0.1) is 12.8 Å². The van der Waals surface area contributed by atoms with Crippen LogP contribution in [0.25, 0.3) is 0 Å². The number of likely N-dealkylation sites (N-methyl/N-ethyl adjacent to an activating group) is 1. The molecule has 0 aromatic heterocycles. The molecule has 1 aromatic rings. The first-order valence-electron chi connectivity index (χ1n) is 7.62. The average molecular weight is 320 g/mol. The number of aryl methyl sites for hydroxylation is 1. The number of carbonyl (C=O) groups is 2. The summed E-state index contributed by atoms with van der Waals surface area (Å²) in [5.74, 6) is 0.773. The van der Waals surface area contributed by atoms with Gasteiger partial charge in [0.2, 0.25) is 11.8 Å². The average Bonchev–Trinajstić information content (AvgIpc) is 2.85. The van der Waals surface area contributed by atoms with Crippen molar-refractivity contribution in [2.24, 2.45) is 5.92 Å². The Balaban J connectivity index is 2.04. The first kappa shape index (κ1) is 16.9. The Morgan fingerprint density at radius 2 is 2.18 bits per heavy atom. The molecule has 0 N–H and O–H groups in total. The first-order valence-corrected chi connectivity index (χ1v) is 8.67. The summed E-state index contributed by atoms with van der Waals surface area (Å²) in [6, 6.07) is 8.29. The number of hydrogen-bond donors (Lipinski definition) is 0. The summed E-state index contributed by atoms with van der Waals surface area (Å²) in [6.07, 6.45) is 0. The van der Waals surface area contributed by atoms with E-state index in [1.54, 1.807) is 23.7 Å². The highest BCUT2D eigenvalue weighted by atomic mass is 32.2. The number of amides is 2. The van der Waals surface area contributed by atoms with Crippen LogP contribution in [0.4, 0.5) is 0 Å². The number of hydrogen-bond acceptors (Lipinski definition) is 3. The molecule has 2 amide bonds. The fourth-order valence-corrected chi connectivity index (χ4v) is 3.81. The van der Waals surface area contributed by atoms with Crippen molar-refractivity contribution >= 4 is 23.6 Å². The highest BCUT2D eigenvalue weighted by Gasteiger charge is 2.32. The van der Waals surface area contributed by atoms with Gasteiger partial charge in [-0.3, -0.25) is 9.59 Å². The lowest BCUT2D eigenvalue weighted by molar-refractivity contribution is -0.135. The van der Waals surface area contributed by atoms with E-state index in [4.69, 9.17) is 0 Å². The maximum atomic E-state index is 12.2. The normalized spacial score (nSPS) is 18.1. The van der Waals surface area contributed by atoms with Gasteiger partial charge < -0.3 is 9.80 Å². The minimum atomic E-state index is -0.0128. The Hall–Kier alpha value is -1.49. The summed E-state index contributed by atoms with van der Waals surface area (Å²) in [6.45, 7) is 7.01. The monoisotopic (exact) mass is 320 g/mol. The van der Waals surface area contributed by atoms with Crippen molar-refractivity contribution in [1.29, 1.82) is 0 Å². The summed E-state index contributed by atoms with van der Waals surface area (Å²) in [5.41, 5.74) is 2.36. The Morgan fingerprint density at radius 3 is 2.82 bits per heavy atom. The van der Waals surface area contributed by atoms with Crippen LogP contribution in [0.2, 0.25) is 0 Å². The molecular formula is C17H24N2O2S. The Bertz CT molecular complexity index is 559. The SMILES string of the molecule is Cc1cccc(C2SCC(=O)N2CCN(C)C(=O)C(C)C)c1. The fraction of sp³-hybridized carbons (Fsp3) is 0.529. The second-order valence-corrected chi connectivity index (χ2v) is 7.15. The van der Waals surface area contributed by atoms with Gasteiger partial charge in [0.25, 0.3) is 0 Å². The van der Waals surface area contributed by atoms with Crippen LogP contribution in [0.5, 0.6) is 0 Å². The van der Waals surface area contributed by atoms with Gasteiger partial charge in [0.05, 0.1) is 5.75 Å². The fourth-order valence-electron chi connectivity index (χ4n) is 2.60. The largest absolute Gasteiger partial charge is 0.344 e. The Labute approximate surface area is 136 Å². The molecule has 22 heavy (non-hydrogen) atoms. The lowest BCUT2D eigenvalue weighted by Crippen LogP contribution is -2.39. The highest BCUT2D eigenvalue weighted by Crippen LogP contribution is 2.38. The molecule has 1 fully saturated rings. The minimum Gasteiger partial charge on any atom is -0.344 e. The van der Waals surface area contributed by atoms with Crippen molar-refractivity contribution < 1.29 is 9.59 Å². The van der Waals surface area contributed by atoms with Gasteiger partial charge >= 0.3 is 0 Å². The van der Waals surface area contributed by atoms with Crippen molar-refractivity contribution in [3.8, 4) is 0 Å². The van der Waals surface area contributed by atoms with Gasteiger partial charge in [0.1, 0.15) is 5.37 Å². The number of nitrogens with zero attached hydrogens (tertiary/aromatic N) is 2. The van der Waals surface area contributed by atoms with Crippen molar-refractivity contribution in [2.75, 3.05) is 25.9 Å². The van der Waals surface area contributed by atoms with E-state index in [1.165, 1.54) is 5.56 Å². The molecule has 1 saturated heterocycles. The van der Waals surface area contributed by atoms with Crippen LogP contribution in [-0.2, 0) is 9.59 Å². The van der Waals surface area contributed by atoms with Crippen molar-refractivity contribution in [3.05, 3.63) is 35.4 Å². The molecule has 120 valence electrons. The number of thioether (sulfide) groups is 1. The quantitative estimate of drug-likeness (QED) is 0.837. The molecule has 5 heteroatoms. The predicted molar refractivity (Wildman–Crippen MR) is 90.6 cm³/mol. The highest BCUT2D eigenvalue weighted by molar-refractivity contribution is 8.00. The van der Waals surface area contributed by atoms with Gasteiger partial charge in [-0.1, -0.05) is 43.7 Å². The standard InChI is InChI=1S/C17H24N2O2S/c1-12(2)16(21)18(4)8-9-19-15(20)11-22-17(19)14-7-5-6-13(3)10-14/h5-7,10,12,17H,8-9,11H2,1-4H3. The van der Waals surface area contributed by atoms with E-state index in [2.05, 4.69) is 25.1 Å². The number of carbonyl (C=O) groups excluding carboxylic acids is 2. The summed E-state index contributed by atoms with van der Waals surface area (Å²) >= 11 is 1.66. The van der Waals surface area contributed by atoms with E-state index in [0.717, 1.165) is 5.56 Å². The van der Waals surface area contributed by atoms with Crippen molar-refractivity contribution in [1.82, 2.24) is 9.80 Å². The van der Waals surface area contributed by atoms with Crippen LogP contribution >= 0.6 is 11.8 Å². The molecule has 1 atom stereocenters. The minimum absolute atomic E-state index is 0.0128. The molecule has 4 nitrogen and oxygen atoms in total. The maximum Gasteiger partial charge on any atom is 0.233 e. The van der Waals surface area contributed by atoms with Gasteiger partial charge in [-0.15, -0.1) is 11.8 Å². The van der Waals surface area contributed by atoms with Gasteiger partial charge in [0.15, 0.2) is 0 Å². The predicted octanol–water partition coefficient (Wildman–Crippen LogP) is 2.68. The van der Waals surface area contributed by atoms with Crippen LogP contribution in [0.3, 0.4) is 0 Å². The summed E-state index contributed by atoms with van der Waals surface area (Å²) in [4.78, 5) is 27.7. The molecule has 1 unspecified atom stereocenters. The molecule has 1 heterocycles. The molecule has 1 aliphatic rings. The molecule has 0 bridgehead atoms. The first-order chi connectivity index (χ1) is 10.4. The summed E-state index contributed by atoms with van der Waals surface area (Å²) in [5, 5.41) is 0.0648. The molecule has 1 aliphatic heterocycles. The van der Waals surface area contributed by atoms with E-state index in [0.29, 0.717) is 18.8 Å². The second-order valence-electron chi connectivity index (χ2n) is 6.08. The zero-order chi connectivity index (χ0) is 16.3. The van der Waals surface area contributed by atoms with Crippen LogP contribution in [0.1, 0.15) is 30.3 Å². The number of benzene rings is 1. The van der Waals surface area contributed by atoms with E-state index >= 15 is 0 Å². The van der Waals surface area contributed by atoms with Gasteiger partial charge in [-0.25, -0.2) is 0 Å². The molecule has 0 radical (unpaired) electrons. The van der Waals surface area contributed by atoms with E-state index in [1.807, 2.05) is 24.8 Å². The number of rotatable bonds is 5. The zero-order valence-electron chi connectivity index (χ0n) is 13.7. The summed E-state index contributed by atoms with van der Waals surface area (Å²) < 4.78 is 0. The molecule has 0 aliphatic carbocycles. The zero-order valence-corrected chi connectivity index (χ0v) is 14.5. The molecule has 0 saturated carbocycles. The smallest absolute Gasteiger partial charge is 0.233 e. The molecular weight excluding hydrogens is 296 g/mol. The van der Waals surface area contributed by atoms with Gasteiger partial charge in [0, 0.05) is 26.1 Å². The summed E-state index contributed by atoms with van der Waals surface area (Å²) in [7, 11) is 1.80. The van der Waals surface area contributed by atoms with Crippen LogP contribution < -0.4 is 0 Å². The van der Waals surface area contributed by atoms with Crippen molar-refractivity contribution in [2.45, 2.75) is 26.1 Å². The van der Waals surface area contributed by atoms with E-state index in [-0.39, 0.29) is 23.1 Å². The lowest BCUT2D eigenvalue weighted by Gasteiger charge is -2.27. The molecule has 0 spiro atoms. The van der Waals surface area contributed by atoms with Gasteiger partial charge in [-0.2, -0.15) is 0 Å². The Kier molecular flexibility index (Phi) is 5.51. The van der Waals surface area contributed by atoms with Gasteiger partial charge in [-0.05, 0) is 12.5 Å². The third-order valence-corrected chi connectivity index (χ3v) is 5.10. The Morgan fingerprint density at radius 1 is 1.45 bits per heavy atom.